The Morgan fingerprint density at radius 3 is 2.20 bits per heavy atom. The molecule has 0 atom stereocenters. The summed E-state index contributed by atoms with van der Waals surface area (Å²) in [4.78, 5) is 0. The summed E-state index contributed by atoms with van der Waals surface area (Å²) in [6, 6.07) is 0. The predicted molar refractivity (Wildman–Crippen MR) is 79.2 cm³/mol. The second-order valence-electron chi connectivity index (χ2n) is 5.10. The first-order valence-corrected chi connectivity index (χ1v) is 7.90. The maximum absolute atomic E-state index is 5.83. The molecule has 1 fully saturated rings. The molecule has 0 heterocycles. The molecule has 0 spiro atoms. The van der Waals surface area contributed by atoms with Crippen molar-refractivity contribution in [2.24, 2.45) is 0 Å². The molecule has 0 saturated heterocycles. The van der Waals surface area contributed by atoms with Gasteiger partial charge in [0.05, 0.1) is 45.7 Å². The van der Waals surface area contributed by atoms with Crippen molar-refractivity contribution in [3.63, 3.8) is 0 Å². The maximum Gasteiger partial charge on any atom is 0.0701 e. The highest BCUT2D eigenvalue weighted by atomic mass is 16.5. The lowest BCUT2D eigenvalue weighted by Gasteiger charge is -2.22. The quantitative estimate of drug-likeness (QED) is 0.522. The van der Waals surface area contributed by atoms with Crippen molar-refractivity contribution >= 4 is 0 Å². The highest BCUT2D eigenvalue weighted by Gasteiger charge is 2.12. The smallest absolute Gasteiger partial charge is 0.0701 e. The lowest BCUT2D eigenvalue weighted by molar-refractivity contribution is 0.0216. The van der Waals surface area contributed by atoms with Crippen LogP contribution >= 0.6 is 0 Å². The van der Waals surface area contributed by atoms with Crippen molar-refractivity contribution in [2.75, 3.05) is 59.8 Å². The minimum atomic E-state index is 0.506. The Labute approximate surface area is 123 Å². The SMILES string of the molecule is COCCOCCOCCNCCOC1CCCCC1. The monoisotopic (exact) mass is 289 g/mol. The van der Waals surface area contributed by atoms with Crippen LogP contribution in [0.25, 0.3) is 0 Å². The van der Waals surface area contributed by atoms with E-state index in [0.717, 1.165) is 26.3 Å². The first-order valence-electron chi connectivity index (χ1n) is 7.90. The van der Waals surface area contributed by atoms with Crippen molar-refractivity contribution in [3.05, 3.63) is 0 Å². The van der Waals surface area contributed by atoms with Gasteiger partial charge in [0.15, 0.2) is 0 Å². The van der Waals surface area contributed by atoms with Crippen LogP contribution in [0.2, 0.25) is 0 Å². The molecule has 0 aromatic rings. The van der Waals surface area contributed by atoms with Crippen molar-refractivity contribution in [1.82, 2.24) is 5.32 Å². The van der Waals surface area contributed by atoms with Gasteiger partial charge in [-0.15, -0.1) is 0 Å². The third-order valence-electron chi connectivity index (χ3n) is 3.41. The largest absolute Gasteiger partial charge is 0.382 e. The highest BCUT2D eigenvalue weighted by molar-refractivity contribution is 4.65. The number of methoxy groups -OCH3 is 1. The van der Waals surface area contributed by atoms with Crippen LogP contribution in [-0.2, 0) is 18.9 Å². The molecule has 0 bridgehead atoms. The standard InChI is InChI=1S/C15H31NO4/c1-17-11-12-19-14-13-18-9-7-16-8-10-20-15-5-3-2-4-6-15/h15-16H,2-14H2,1H3. The lowest BCUT2D eigenvalue weighted by Crippen LogP contribution is -2.27. The van der Waals surface area contributed by atoms with E-state index in [1.807, 2.05) is 0 Å². The fraction of sp³-hybridized carbons (Fsp3) is 1.00. The van der Waals surface area contributed by atoms with Crippen LogP contribution in [0.1, 0.15) is 32.1 Å². The van der Waals surface area contributed by atoms with E-state index in [1.165, 1.54) is 32.1 Å². The summed E-state index contributed by atoms with van der Waals surface area (Å²) >= 11 is 0. The zero-order chi connectivity index (χ0) is 14.3. The number of nitrogens with one attached hydrogen (secondary N) is 1. The predicted octanol–water partition coefficient (Wildman–Crippen LogP) is 1.60. The normalized spacial score (nSPS) is 16.6. The molecular formula is C15H31NO4. The highest BCUT2D eigenvalue weighted by Crippen LogP contribution is 2.19. The minimum Gasteiger partial charge on any atom is -0.382 e. The van der Waals surface area contributed by atoms with E-state index >= 15 is 0 Å². The van der Waals surface area contributed by atoms with Gasteiger partial charge in [0.1, 0.15) is 0 Å². The number of ether oxygens (including phenoxy) is 4. The van der Waals surface area contributed by atoms with Crippen LogP contribution in [-0.4, -0.2) is 65.9 Å². The van der Waals surface area contributed by atoms with E-state index in [-0.39, 0.29) is 0 Å². The van der Waals surface area contributed by atoms with Gasteiger partial charge < -0.3 is 24.3 Å². The molecule has 0 aromatic carbocycles. The van der Waals surface area contributed by atoms with Crippen LogP contribution in [0.5, 0.6) is 0 Å². The average Bonchev–Trinajstić information content (AvgIpc) is 2.49. The Bertz CT molecular complexity index is 198. The molecule has 0 aliphatic heterocycles. The van der Waals surface area contributed by atoms with Crippen LogP contribution in [0, 0.1) is 0 Å². The molecule has 1 N–H and O–H groups in total. The Morgan fingerprint density at radius 2 is 1.45 bits per heavy atom. The molecule has 5 heteroatoms. The topological polar surface area (TPSA) is 49.0 Å². The van der Waals surface area contributed by atoms with Crippen LogP contribution in [0.3, 0.4) is 0 Å². The van der Waals surface area contributed by atoms with Gasteiger partial charge in [-0.05, 0) is 12.8 Å². The Kier molecular flexibility index (Phi) is 12.3. The summed E-state index contributed by atoms with van der Waals surface area (Å²) in [6.07, 6.45) is 7.03. The summed E-state index contributed by atoms with van der Waals surface area (Å²) in [5.74, 6) is 0. The van der Waals surface area contributed by atoms with E-state index in [4.69, 9.17) is 18.9 Å². The first kappa shape index (κ1) is 17.9. The van der Waals surface area contributed by atoms with Gasteiger partial charge in [-0.25, -0.2) is 0 Å². The Morgan fingerprint density at radius 1 is 0.800 bits per heavy atom. The summed E-state index contributed by atoms with van der Waals surface area (Å²) < 4.78 is 21.4. The summed E-state index contributed by atoms with van der Waals surface area (Å²) in [5, 5.41) is 3.33. The van der Waals surface area contributed by atoms with Gasteiger partial charge in [0.2, 0.25) is 0 Å². The third kappa shape index (κ3) is 10.6. The second kappa shape index (κ2) is 13.8. The van der Waals surface area contributed by atoms with Gasteiger partial charge in [0.25, 0.3) is 0 Å². The van der Waals surface area contributed by atoms with E-state index in [1.54, 1.807) is 7.11 Å². The van der Waals surface area contributed by atoms with E-state index in [2.05, 4.69) is 5.32 Å². The molecule has 1 aliphatic rings. The number of hydrogen-bond acceptors (Lipinski definition) is 5. The second-order valence-corrected chi connectivity index (χ2v) is 5.10. The van der Waals surface area contributed by atoms with Crippen LogP contribution < -0.4 is 5.32 Å². The molecule has 120 valence electrons. The van der Waals surface area contributed by atoms with Crippen molar-refractivity contribution in [3.8, 4) is 0 Å². The third-order valence-corrected chi connectivity index (χ3v) is 3.41. The molecule has 0 amide bonds. The molecule has 0 radical (unpaired) electrons. The van der Waals surface area contributed by atoms with Gasteiger partial charge in [-0.2, -0.15) is 0 Å². The molecule has 20 heavy (non-hydrogen) atoms. The summed E-state index contributed by atoms with van der Waals surface area (Å²) in [7, 11) is 1.67. The Hall–Kier alpha value is -0.200. The number of rotatable bonds is 13. The fourth-order valence-electron chi connectivity index (χ4n) is 2.26. The molecule has 1 rings (SSSR count). The van der Waals surface area contributed by atoms with Gasteiger partial charge in [-0.1, -0.05) is 19.3 Å². The molecule has 0 unspecified atom stereocenters. The van der Waals surface area contributed by atoms with Crippen molar-refractivity contribution in [1.29, 1.82) is 0 Å². The average molecular weight is 289 g/mol. The van der Waals surface area contributed by atoms with Gasteiger partial charge >= 0.3 is 0 Å². The van der Waals surface area contributed by atoms with Crippen molar-refractivity contribution < 1.29 is 18.9 Å². The lowest BCUT2D eigenvalue weighted by atomic mass is 9.98. The Balaban J connectivity index is 1.70. The van der Waals surface area contributed by atoms with E-state index < -0.39 is 0 Å². The molecular weight excluding hydrogens is 258 g/mol. The van der Waals surface area contributed by atoms with Gasteiger partial charge in [-0.3, -0.25) is 0 Å². The molecule has 1 aliphatic carbocycles. The molecule has 5 nitrogen and oxygen atoms in total. The van der Waals surface area contributed by atoms with E-state index in [9.17, 15) is 0 Å². The maximum atomic E-state index is 5.83. The first-order chi connectivity index (χ1) is 9.93. The molecule has 0 aromatic heterocycles. The van der Waals surface area contributed by atoms with Crippen molar-refractivity contribution in [2.45, 2.75) is 38.2 Å². The number of hydrogen-bond donors (Lipinski definition) is 1. The summed E-state index contributed by atoms with van der Waals surface area (Å²) in [6.45, 7) is 5.86. The van der Waals surface area contributed by atoms with Crippen LogP contribution in [0.4, 0.5) is 0 Å². The zero-order valence-electron chi connectivity index (χ0n) is 12.9. The zero-order valence-corrected chi connectivity index (χ0v) is 12.9. The minimum absolute atomic E-state index is 0.506. The molecule has 1 saturated carbocycles. The van der Waals surface area contributed by atoms with Crippen LogP contribution in [0.15, 0.2) is 0 Å². The fourth-order valence-corrected chi connectivity index (χ4v) is 2.26. The van der Waals surface area contributed by atoms with Gasteiger partial charge in [0, 0.05) is 20.2 Å². The summed E-state index contributed by atoms with van der Waals surface area (Å²) in [5.41, 5.74) is 0. The van der Waals surface area contributed by atoms with E-state index in [0.29, 0.717) is 32.5 Å².